The number of benzene rings is 2. The lowest BCUT2D eigenvalue weighted by molar-refractivity contribution is -0.136. The molecule has 0 N–H and O–H groups in total. The Hall–Kier alpha value is -3.23. The minimum atomic E-state index is -0.621. The maximum absolute atomic E-state index is 13.6. The summed E-state index contributed by atoms with van der Waals surface area (Å²) in [4.78, 5) is 31.6. The van der Waals surface area contributed by atoms with Crippen LogP contribution in [-0.4, -0.2) is 24.3 Å². The molecule has 0 saturated heterocycles. The van der Waals surface area contributed by atoms with E-state index in [1.165, 1.54) is 18.4 Å². The van der Waals surface area contributed by atoms with Crippen LogP contribution in [0.4, 0.5) is 0 Å². The van der Waals surface area contributed by atoms with Crippen molar-refractivity contribution in [3.63, 3.8) is 0 Å². The molecule has 0 unspecified atom stereocenters. The summed E-state index contributed by atoms with van der Waals surface area (Å²) in [5.74, 6) is 0.117. The molecular formula is C25H20IN3O4S. The third-order valence-corrected chi connectivity index (χ3v) is 7.14. The van der Waals surface area contributed by atoms with Gasteiger partial charge in [-0.15, -0.1) is 0 Å². The Morgan fingerprint density at radius 3 is 2.71 bits per heavy atom. The third-order valence-electron chi connectivity index (χ3n) is 5.31. The number of nitriles is 1. The molecule has 9 heteroatoms. The van der Waals surface area contributed by atoms with E-state index in [9.17, 15) is 9.59 Å². The zero-order valence-corrected chi connectivity index (χ0v) is 21.4. The predicted molar refractivity (Wildman–Crippen MR) is 137 cm³/mol. The molecule has 0 aliphatic carbocycles. The first kappa shape index (κ1) is 23.9. The summed E-state index contributed by atoms with van der Waals surface area (Å²) >= 11 is 3.42. The Morgan fingerprint density at radius 2 is 2.06 bits per heavy atom. The zero-order valence-electron chi connectivity index (χ0n) is 18.4. The van der Waals surface area contributed by atoms with Crippen molar-refractivity contribution in [1.29, 1.82) is 5.26 Å². The molecule has 4 rings (SSSR count). The predicted octanol–water partition coefficient (Wildman–Crippen LogP) is 3.31. The molecule has 2 heterocycles. The van der Waals surface area contributed by atoms with Crippen molar-refractivity contribution in [2.75, 3.05) is 13.7 Å². The number of carbonyl (C=O) groups excluding carboxylic acids is 1. The molecule has 2 aromatic carbocycles. The standard InChI is InChI=1S/C25H20IN3O4S/c1-3-18-21(24(31)32-2)22(16-7-5-4-6-8-16)29-23(30)20(34-25(29)28-18)14-15-9-10-19(17(26)13-15)33-12-11-27/h4-10,13-14,22H,3,12H2,1-2H3/b20-14-/t22-/m1/s1. The molecule has 172 valence electrons. The summed E-state index contributed by atoms with van der Waals surface area (Å²) in [5.41, 5.74) is 2.39. The Morgan fingerprint density at radius 1 is 1.29 bits per heavy atom. The topological polar surface area (TPSA) is 93.7 Å². The van der Waals surface area contributed by atoms with E-state index in [4.69, 9.17) is 14.7 Å². The van der Waals surface area contributed by atoms with Crippen LogP contribution in [0.1, 0.15) is 30.5 Å². The van der Waals surface area contributed by atoms with Gasteiger partial charge in [0.2, 0.25) is 0 Å². The second-order valence-corrected chi connectivity index (χ2v) is 9.51. The zero-order chi connectivity index (χ0) is 24.2. The van der Waals surface area contributed by atoms with Crippen molar-refractivity contribution in [3.8, 4) is 11.8 Å². The van der Waals surface area contributed by atoms with Gasteiger partial charge in [-0.1, -0.05) is 54.7 Å². The molecule has 0 fully saturated rings. The van der Waals surface area contributed by atoms with Crippen LogP contribution in [-0.2, 0) is 9.53 Å². The fraction of sp³-hybridized carbons (Fsp3) is 0.200. The molecule has 1 atom stereocenters. The van der Waals surface area contributed by atoms with Crippen LogP contribution in [0.15, 0.2) is 69.6 Å². The van der Waals surface area contributed by atoms with Gasteiger partial charge in [0.1, 0.15) is 11.8 Å². The molecule has 7 nitrogen and oxygen atoms in total. The highest BCUT2D eigenvalue weighted by Gasteiger charge is 2.33. The van der Waals surface area contributed by atoms with Gasteiger partial charge in [0, 0.05) is 0 Å². The second-order valence-electron chi connectivity index (χ2n) is 7.34. The van der Waals surface area contributed by atoms with Crippen LogP contribution in [0.25, 0.3) is 6.08 Å². The molecule has 0 radical (unpaired) electrons. The molecule has 0 spiro atoms. The number of hydrogen-bond donors (Lipinski definition) is 0. The van der Waals surface area contributed by atoms with Crippen molar-refractivity contribution in [3.05, 3.63) is 94.2 Å². The summed E-state index contributed by atoms with van der Waals surface area (Å²) in [6.45, 7) is 1.89. The van der Waals surface area contributed by atoms with E-state index in [1.807, 2.05) is 55.5 Å². The van der Waals surface area contributed by atoms with Crippen molar-refractivity contribution in [2.24, 2.45) is 4.99 Å². The number of rotatable bonds is 6. The van der Waals surface area contributed by atoms with Crippen molar-refractivity contribution >= 4 is 46.0 Å². The van der Waals surface area contributed by atoms with Gasteiger partial charge >= 0.3 is 5.97 Å². The van der Waals surface area contributed by atoms with Crippen LogP contribution >= 0.6 is 33.9 Å². The monoisotopic (exact) mass is 585 g/mol. The van der Waals surface area contributed by atoms with E-state index >= 15 is 0 Å². The first-order valence-electron chi connectivity index (χ1n) is 10.5. The van der Waals surface area contributed by atoms with Gasteiger partial charge in [-0.05, 0) is 58.3 Å². The highest BCUT2D eigenvalue weighted by Crippen LogP contribution is 2.31. The van der Waals surface area contributed by atoms with Crippen LogP contribution in [0.3, 0.4) is 0 Å². The molecule has 0 amide bonds. The molecule has 3 aromatic rings. The summed E-state index contributed by atoms with van der Waals surface area (Å²) in [5, 5.41) is 8.73. The van der Waals surface area contributed by atoms with Gasteiger partial charge in [0.25, 0.3) is 5.56 Å². The first-order chi connectivity index (χ1) is 16.5. The largest absolute Gasteiger partial charge is 0.478 e. The molecule has 0 bridgehead atoms. The fourth-order valence-corrected chi connectivity index (χ4v) is 5.52. The fourth-order valence-electron chi connectivity index (χ4n) is 3.80. The lowest BCUT2D eigenvalue weighted by Crippen LogP contribution is -2.40. The molecule has 1 aromatic heterocycles. The van der Waals surface area contributed by atoms with E-state index in [1.54, 1.807) is 16.7 Å². The van der Waals surface area contributed by atoms with Gasteiger partial charge in [-0.3, -0.25) is 9.36 Å². The average molecular weight is 585 g/mol. The Balaban J connectivity index is 1.89. The number of fused-ring (bicyclic) bond motifs is 1. The number of nitrogens with zero attached hydrogens (tertiary/aromatic N) is 3. The third kappa shape index (κ3) is 4.56. The number of esters is 1. The highest BCUT2D eigenvalue weighted by atomic mass is 127. The van der Waals surface area contributed by atoms with Crippen LogP contribution in [0, 0.1) is 14.9 Å². The van der Waals surface area contributed by atoms with Crippen LogP contribution < -0.4 is 19.6 Å². The first-order valence-corrected chi connectivity index (χ1v) is 12.3. The highest BCUT2D eigenvalue weighted by molar-refractivity contribution is 14.1. The van der Waals surface area contributed by atoms with Crippen molar-refractivity contribution in [1.82, 2.24) is 4.57 Å². The quantitative estimate of drug-likeness (QED) is 0.327. The SMILES string of the molecule is CCC1=C(C(=O)OC)[C@@H](c2ccccc2)n2c(s/c(=C\c3ccc(OCC#N)c(I)c3)c2=O)=N1. The molecule has 1 aliphatic heterocycles. The molecule has 0 saturated carbocycles. The van der Waals surface area contributed by atoms with Crippen molar-refractivity contribution < 1.29 is 14.3 Å². The second kappa shape index (κ2) is 10.4. The number of thiazole rings is 1. The summed E-state index contributed by atoms with van der Waals surface area (Å²) in [7, 11) is 1.33. The minimum Gasteiger partial charge on any atom is -0.478 e. The minimum absolute atomic E-state index is 0.0320. The van der Waals surface area contributed by atoms with Crippen LogP contribution in [0.2, 0.25) is 0 Å². The number of allylic oxidation sites excluding steroid dienone is 1. The number of carbonyl (C=O) groups is 1. The number of methoxy groups -OCH3 is 1. The van der Waals surface area contributed by atoms with E-state index < -0.39 is 12.0 Å². The molecule has 1 aliphatic rings. The Labute approximate surface area is 213 Å². The lowest BCUT2D eigenvalue weighted by Gasteiger charge is -2.25. The van der Waals surface area contributed by atoms with Gasteiger partial charge in [-0.2, -0.15) is 5.26 Å². The van der Waals surface area contributed by atoms with E-state index in [0.29, 0.717) is 32.8 Å². The van der Waals surface area contributed by atoms with Gasteiger partial charge in [0.05, 0.1) is 32.5 Å². The lowest BCUT2D eigenvalue weighted by atomic mass is 9.95. The number of halogens is 1. The van der Waals surface area contributed by atoms with Gasteiger partial charge < -0.3 is 9.47 Å². The normalized spacial score (nSPS) is 15.4. The Bertz CT molecular complexity index is 1500. The van der Waals surface area contributed by atoms with E-state index in [2.05, 4.69) is 27.6 Å². The Kier molecular flexibility index (Phi) is 7.29. The maximum atomic E-state index is 13.6. The van der Waals surface area contributed by atoms with Crippen LogP contribution in [0.5, 0.6) is 5.75 Å². The van der Waals surface area contributed by atoms with Gasteiger partial charge in [0.15, 0.2) is 11.4 Å². The molecular weight excluding hydrogens is 565 g/mol. The van der Waals surface area contributed by atoms with E-state index in [-0.39, 0.29) is 12.2 Å². The summed E-state index contributed by atoms with van der Waals surface area (Å²) < 4.78 is 13.4. The van der Waals surface area contributed by atoms with E-state index in [0.717, 1.165) is 14.7 Å². The summed E-state index contributed by atoms with van der Waals surface area (Å²) in [6.07, 6.45) is 2.33. The van der Waals surface area contributed by atoms with Gasteiger partial charge in [-0.25, -0.2) is 9.79 Å². The number of hydrogen-bond acceptors (Lipinski definition) is 7. The number of ether oxygens (including phenoxy) is 2. The maximum Gasteiger partial charge on any atom is 0.338 e. The van der Waals surface area contributed by atoms with Crippen molar-refractivity contribution in [2.45, 2.75) is 19.4 Å². The summed E-state index contributed by atoms with van der Waals surface area (Å²) in [6, 6.07) is 16.3. The smallest absolute Gasteiger partial charge is 0.338 e. The number of aromatic nitrogens is 1. The average Bonchev–Trinajstić information content (AvgIpc) is 3.16. The molecule has 34 heavy (non-hydrogen) atoms.